The monoisotopic (exact) mass is 140 g/mol. The Morgan fingerprint density at radius 2 is 0.778 bits per heavy atom. The maximum atomic E-state index is 9.44. The molecule has 0 aromatic heterocycles. The average Bonchev–Trinajstić information content (AvgIpc) is 1.25. The van der Waals surface area contributed by atoms with Crippen LogP contribution in [0.15, 0.2) is 0 Å². The van der Waals surface area contributed by atoms with Crippen molar-refractivity contribution in [3.63, 3.8) is 0 Å². The fourth-order valence-corrected chi connectivity index (χ4v) is 0. The number of carbonyl (C=O) groups is 2. The van der Waals surface area contributed by atoms with E-state index < -0.39 is 0 Å². The molecule has 0 saturated heterocycles. The van der Waals surface area contributed by atoms with Crippen molar-refractivity contribution in [3.8, 4) is 0 Å². The summed E-state index contributed by atoms with van der Waals surface area (Å²) in [5.41, 5.74) is 0. The van der Waals surface area contributed by atoms with Crippen LogP contribution in [0.4, 0.5) is 0 Å². The van der Waals surface area contributed by atoms with Crippen LogP contribution in [0, 0.1) is 0 Å². The number of Topliss-reactive ketones (excluding diaryl/α,β-unsaturated/α-hetero) is 2. The van der Waals surface area contributed by atoms with Crippen molar-refractivity contribution in [2.24, 2.45) is 0 Å². The molecular weight excluding hydrogens is 127 g/mol. The van der Waals surface area contributed by atoms with Gasteiger partial charge in [-0.1, -0.05) is 0 Å². The molecule has 0 aliphatic heterocycles. The third-order valence-corrected chi connectivity index (χ3v) is 0. The van der Waals surface area contributed by atoms with Crippen molar-refractivity contribution in [1.29, 1.82) is 0 Å². The van der Waals surface area contributed by atoms with Crippen molar-refractivity contribution in [2.75, 3.05) is 0 Å². The molecule has 0 fully saturated rings. The predicted molar refractivity (Wildman–Crippen MR) is 39.9 cm³/mol. The Labute approximate surface area is 78.3 Å². The molecule has 3 heteroatoms. The molecule has 2 nitrogen and oxygen atoms in total. The second-order valence-corrected chi connectivity index (χ2v) is 1.82. The van der Waals surface area contributed by atoms with E-state index in [2.05, 4.69) is 0 Å². The van der Waals surface area contributed by atoms with Gasteiger partial charge in [0.25, 0.3) is 0 Å². The van der Waals surface area contributed by atoms with Gasteiger partial charge in [-0.2, -0.15) is 0 Å². The molecule has 0 bridgehead atoms. The molecule has 0 aromatic rings. The number of ketones is 2. The van der Waals surface area contributed by atoms with Crippen LogP contribution in [-0.2, 0) is 9.59 Å². The second-order valence-electron chi connectivity index (χ2n) is 1.82. The summed E-state index contributed by atoms with van der Waals surface area (Å²) in [7, 11) is 0. The van der Waals surface area contributed by atoms with Crippen molar-refractivity contribution >= 4 is 41.1 Å². The predicted octanol–water partition coefficient (Wildman–Crippen LogP) is 0.542. The van der Waals surface area contributed by atoms with Crippen LogP contribution < -0.4 is 0 Å². The van der Waals surface area contributed by atoms with E-state index in [0.717, 1.165) is 0 Å². The van der Waals surface area contributed by atoms with Gasteiger partial charge in [-0.25, -0.2) is 0 Å². The van der Waals surface area contributed by atoms with Crippen molar-refractivity contribution in [2.45, 2.75) is 27.7 Å². The van der Waals surface area contributed by atoms with E-state index in [1.165, 1.54) is 27.7 Å². The summed E-state index contributed by atoms with van der Waals surface area (Å²) in [4.78, 5) is 18.9. The van der Waals surface area contributed by atoms with E-state index in [1.54, 1.807) is 0 Å². The van der Waals surface area contributed by atoms with Crippen molar-refractivity contribution < 1.29 is 9.59 Å². The third-order valence-electron chi connectivity index (χ3n) is 0. The summed E-state index contributed by atoms with van der Waals surface area (Å²) in [5.74, 6) is 0.333. The van der Waals surface area contributed by atoms with Crippen LogP contribution >= 0.6 is 0 Å². The first-order valence-electron chi connectivity index (χ1n) is 2.41. The molecule has 0 heterocycles. The minimum absolute atomic E-state index is 0. The summed E-state index contributed by atoms with van der Waals surface area (Å²) in [6, 6.07) is 0. The zero-order valence-corrected chi connectivity index (χ0v) is 5.82. The molecule has 50 valence electrons. The Bertz CT molecular complexity index is 69.1. The van der Waals surface area contributed by atoms with E-state index >= 15 is 0 Å². The van der Waals surface area contributed by atoms with Crippen LogP contribution in [0.1, 0.15) is 27.7 Å². The van der Waals surface area contributed by atoms with Crippen LogP contribution in [-0.4, -0.2) is 41.1 Å². The molecule has 9 heavy (non-hydrogen) atoms. The summed E-state index contributed by atoms with van der Waals surface area (Å²) in [6.45, 7) is 6.11. The second kappa shape index (κ2) is 11.2. The van der Waals surface area contributed by atoms with E-state index in [4.69, 9.17) is 0 Å². The molecule has 0 N–H and O–H groups in total. The Morgan fingerprint density at radius 1 is 0.778 bits per heavy atom. The van der Waals surface area contributed by atoms with Gasteiger partial charge in [0.2, 0.25) is 0 Å². The first-order chi connectivity index (χ1) is 3.46. The van der Waals surface area contributed by atoms with Gasteiger partial charge in [0.05, 0.1) is 0 Å². The first kappa shape index (κ1) is 16.2. The molecule has 0 unspecified atom stereocenters. The average molecular weight is 140 g/mol. The van der Waals surface area contributed by atoms with Crippen molar-refractivity contribution in [1.82, 2.24) is 0 Å². The Balaban J connectivity index is -0.0000000720. The van der Waals surface area contributed by atoms with Gasteiger partial charge in [-0.3, -0.25) is 0 Å². The zero-order chi connectivity index (χ0) is 7.15. The molecule has 0 aromatic carbocycles. The summed E-state index contributed by atoms with van der Waals surface area (Å²) in [6.07, 6.45) is 0. The quantitative estimate of drug-likeness (QED) is 0.460. The topological polar surface area (TPSA) is 34.1 Å². The Morgan fingerprint density at radius 3 is 0.778 bits per heavy atom. The summed E-state index contributed by atoms with van der Waals surface area (Å²) in [5, 5.41) is 0. The molecule has 0 aliphatic rings. The first-order valence-corrected chi connectivity index (χ1v) is 2.41. The van der Waals surface area contributed by atoms with Crippen LogP contribution in [0.5, 0.6) is 0 Å². The normalized spacial score (nSPS) is 5.78. The summed E-state index contributed by atoms with van der Waals surface area (Å²) >= 11 is 0. The van der Waals surface area contributed by atoms with Gasteiger partial charge in [0.15, 0.2) is 0 Å². The molecule has 0 amide bonds. The number of rotatable bonds is 0. The molecule has 0 rings (SSSR count). The van der Waals surface area contributed by atoms with Gasteiger partial charge >= 0.3 is 29.6 Å². The van der Waals surface area contributed by atoms with Crippen molar-refractivity contribution in [3.05, 3.63) is 0 Å². The van der Waals surface area contributed by atoms with Gasteiger partial charge < -0.3 is 9.59 Å². The zero-order valence-electron chi connectivity index (χ0n) is 5.82. The van der Waals surface area contributed by atoms with E-state index in [9.17, 15) is 9.59 Å². The van der Waals surface area contributed by atoms with Gasteiger partial charge in [0.1, 0.15) is 11.6 Å². The molecule has 0 spiro atoms. The standard InChI is InChI=1S/2C3H6O.Na.H/c2*1-3(2)4;;/h2*1-2H3;;. The molecule has 0 aliphatic carbocycles. The molecular formula is C6H13NaO2. The van der Waals surface area contributed by atoms with Gasteiger partial charge in [0, 0.05) is 0 Å². The van der Waals surface area contributed by atoms with Gasteiger partial charge in [-0.05, 0) is 27.7 Å². The summed E-state index contributed by atoms with van der Waals surface area (Å²) < 4.78 is 0. The van der Waals surface area contributed by atoms with E-state index in [-0.39, 0.29) is 41.1 Å². The number of carbonyl (C=O) groups excluding carboxylic acids is 2. The minimum atomic E-state index is 0. The van der Waals surface area contributed by atoms with Crippen LogP contribution in [0.25, 0.3) is 0 Å². The SMILES string of the molecule is CC(C)=O.CC(C)=O.[NaH]. The van der Waals surface area contributed by atoms with Gasteiger partial charge in [-0.15, -0.1) is 0 Å². The molecule has 0 atom stereocenters. The Kier molecular flexibility index (Phi) is 20.1. The Hall–Kier alpha value is 0.340. The molecule has 0 saturated carbocycles. The molecule has 0 radical (unpaired) electrons. The maximum absolute atomic E-state index is 9.44. The fraction of sp³-hybridized carbons (Fsp3) is 0.667. The van der Waals surface area contributed by atoms with E-state index in [1.807, 2.05) is 0 Å². The van der Waals surface area contributed by atoms with Crippen LogP contribution in [0.3, 0.4) is 0 Å². The number of hydrogen-bond donors (Lipinski definition) is 0. The van der Waals surface area contributed by atoms with Crippen LogP contribution in [0.2, 0.25) is 0 Å². The fourth-order valence-electron chi connectivity index (χ4n) is 0. The number of hydrogen-bond acceptors (Lipinski definition) is 2. The third kappa shape index (κ3) is 2900. The van der Waals surface area contributed by atoms with E-state index in [0.29, 0.717) is 0 Å².